The van der Waals surface area contributed by atoms with Gasteiger partial charge in [-0.2, -0.15) is 13.2 Å². The number of carbonyl (C=O) groups is 1. The van der Waals surface area contributed by atoms with Crippen LogP contribution >= 0.6 is 11.6 Å². The quantitative estimate of drug-likeness (QED) is 0.266. The Labute approximate surface area is 244 Å². The molecule has 1 atom stereocenters. The Balaban J connectivity index is 0.00000400. The molecule has 12 heteroatoms. The Kier molecular flexibility index (Phi) is 9.05. The van der Waals surface area contributed by atoms with E-state index < -0.39 is 50.9 Å². The van der Waals surface area contributed by atoms with Gasteiger partial charge in [0, 0.05) is 24.0 Å². The molecule has 3 aromatic carbocycles. The molecule has 0 fully saturated rings. The number of halogens is 5. The average Bonchev–Trinajstić information content (AvgIpc) is 2.82. The van der Waals surface area contributed by atoms with E-state index in [1.165, 1.54) is 30.3 Å². The molecule has 1 aliphatic rings. The predicted octanol–water partition coefficient (Wildman–Crippen LogP) is 2.18. The van der Waals surface area contributed by atoms with Gasteiger partial charge >= 0.3 is 35.7 Å². The van der Waals surface area contributed by atoms with Crippen LogP contribution in [0, 0.1) is 11.7 Å². The standard InChI is InChI=1S/C26H20ClF4NO4S.Na/c1-15(24-21(27)6-3-7-22(24)28)10-16-8-9-17-12-18(25(33)34)14-32(23(17)11-16)37(35,36)20-5-2-4-19(13-20)26(29,30)31;/h2-11,13,18H,12,14H2,1H3,(H,33,34);/q;+1/p-1/b15-10+;. The summed E-state index contributed by atoms with van der Waals surface area (Å²) in [5, 5.41) is 11.8. The van der Waals surface area contributed by atoms with Crippen molar-refractivity contribution in [3.8, 4) is 0 Å². The molecule has 3 aromatic rings. The number of fused-ring (bicyclic) bond motifs is 1. The molecular weight excluding hydrogens is 557 g/mol. The number of rotatable bonds is 5. The zero-order valence-electron chi connectivity index (χ0n) is 20.2. The molecule has 0 bridgehead atoms. The third-order valence-corrected chi connectivity index (χ3v) is 8.14. The summed E-state index contributed by atoms with van der Waals surface area (Å²) in [6.45, 7) is 1.09. The molecule has 38 heavy (non-hydrogen) atoms. The molecule has 1 unspecified atom stereocenters. The number of carbonyl (C=O) groups excluding carboxylic acids is 1. The Morgan fingerprint density at radius 2 is 1.79 bits per heavy atom. The smallest absolute Gasteiger partial charge is 0.550 e. The van der Waals surface area contributed by atoms with Gasteiger partial charge in [-0.1, -0.05) is 41.9 Å². The average molecular weight is 576 g/mol. The van der Waals surface area contributed by atoms with E-state index in [0.29, 0.717) is 22.8 Å². The first-order chi connectivity index (χ1) is 17.3. The minimum atomic E-state index is -4.78. The summed E-state index contributed by atoms with van der Waals surface area (Å²) in [5.41, 5.74) is 0.361. The third kappa shape index (κ3) is 6.10. The summed E-state index contributed by atoms with van der Waals surface area (Å²) in [7, 11) is -4.60. The number of carboxylic acids is 1. The summed E-state index contributed by atoms with van der Waals surface area (Å²) in [6, 6.07) is 12.0. The van der Waals surface area contributed by atoms with Crippen LogP contribution in [0.3, 0.4) is 0 Å². The number of hydrogen-bond acceptors (Lipinski definition) is 4. The zero-order valence-corrected chi connectivity index (χ0v) is 23.8. The van der Waals surface area contributed by atoms with Crippen molar-refractivity contribution in [2.45, 2.75) is 24.4 Å². The van der Waals surface area contributed by atoms with Crippen LogP contribution in [0.15, 0.2) is 65.6 Å². The van der Waals surface area contributed by atoms with Gasteiger partial charge in [0.25, 0.3) is 10.0 Å². The molecule has 1 aliphatic heterocycles. The van der Waals surface area contributed by atoms with Crippen LogP contribution in [-0.4, -0.2) is 20.9 Å². The van der Waals surface area contributed by atoms with Crippen molar-refractivity contribution in [2.75, 3.05) is 10.8 Å². The fraction of sp³-hybridized carbons (Fsp3) is 0.192. The van der Waals surface area contributed by atoms with Crippen LogP contribution in [0.25, 0.3) is 11.6 Å². The Bertz CT molecular complexity index is 1510. The number of nitrogens with zero attached hydrogens (tertiary/aromatic N) is 1. The van der Waals surface area contributed by atoms with E-state index in [9.17, 15) is 35.9 Å². The van der Waals surface area contributed by atoms with Crippen molar-refractivity contribution in [1.82, 2.24) is 0 Å². The van der Waals surface area contributed by atoms with Crippen molar-refractivity contribution in [1.29, 1.82) is 0 Å². The molecule has 0 aromatic heterocycles. The Morgan fingerprint density at radius 3 is 2.42 bits per heavy atom. The van der Waals surface area contributed by atoms with Gasteiger partial charge in [-0.15, -0.1) is 0 Å². The molecule has 0 radical (unpaired) electrons. The fourth-order valence-electron chi connectivity index (χ4n) is 4.25. The number of allylic oxidation sites excluding steroid dienone is 1. The van der Waals surface area contributed by atoms with E-state index >= 15 is 0 Å². The van der Waals surface area contributed by atoms with Gasteiger partial charge in [0.1, 0.15) is 5.82 Å². The molecule has 0 saturated heterocycles. The number of hydrogen-bond donors (Lipinski definition) is 0. The van der Waals surface area contributed by atoms with Crippen LogP contribution in [0.2, 0.25) is 5.02 Å². The molecule has 5 nitrogen and oxygen atoms in total. The van der Waals surface area contributed by atoms with Crippen LogP contribution in [-0.2, 0) is 27.4 Å². The molecule has 0 amide bonds. The number of sulfonamides is 1. The molecule has 0 saturated carbocycles. The van der Waals surface area contributed by atoms with E-state index in [1.54, 1.807) is 19.1 Å². The minimum Gasteiger partial charge on any atom is -0.550 e. The molecule has 0 spiro atoms. The number of carboxylic acid groups (broad SMARTS) is 1. The summed E-state index contributed by atoms with van der Waals surface area (Å²) in [5.74, 6) is -3.25. The monoisotopic (exact) mass is 575 g/mol. The number of alkyl halides is 3. The van der Waals surface area contributed by atoms with E-state index in [-0.39, 0.29) is 52.3 Å². The molecule has 194 valence electrons. The maximum absolute atomic E-state index is 14.4. The Hall–Kier alpha value is -2.37. The zero-order chi connectivity index (χ0) is 27.1. The number of aliphatic carboxylic acids is 1. The van der Waals surface area contributed by atoms with Crippen molar-refractivity contribution in [3.05, 3.63) is 93.8 Å². The summed E-state index contributed by atoms with van der Waals surface area (Å²) < 4.78 is 81.9. The SMILES string of the molecule is C/C(=C\c1ccc2c(c1)N(S(=O)(=O)c1cccc(C(F)(F)F)c1)CC(C(=O)[O-])C2)c1c(F)cccc1Cl.[Na+]. The van der Waals surface area contributed by atoms with E-state index in [4.69, 9.17) is 11.6 Å². The largest absolute Gasteiger partial charge is 1.00 e. The van der Waals surface area contributed by atoms with Crippen LogP contribution in [0.4, 0.5) is 23.2 Å². The van der Waals surface area contributed by atoms with Gasteiger partial charge < -0.3 is 9.90 Å². The minimum absolute atomic E-state index is 0. The van der Waals surface area contributed by atoms with Crippen LogP contribution in [0.1, 0.15) is 29.2 Å². The van der Waals surface area contributed by atoms with Crippen LogP contribution in [0.5, 0.6) is 0 Å². The first-order valence-electron chi connectivity index (χ1n) is 11.0. The van der Waals surface area contributed by atoms with E-state index in [2.05, 4.69) is 0 Å². The van der Waals surface area contributed by atoms with Crippen molar-refractivity contribution in [2.24, 2.45) is 5.92 Å². The van der Waals surface area contributed by atoms with Gasteiger partial charge in [-0.05, 0) is 66.4 Å². The van der Waals surface area contributed by atoms with Gasteiger partial charge in [0.2, 0.25) is 0 Å². The second-order valence-corrected chi connectivity index (χ2v) is 10.9. The molecule has 0 aliphatic carbocycles. The molecule has 4 rings (SSSR count). The van der Waals surface area contributed by atoms with E-state index in [1.807, 2.05) is 0 Å². The first-order valence-corrected chi connectivity index (χ1v) is 12.8. The first kappa shape index (κ1) is 30.2. The Morgan fingerprint density at radius 1 is 1.11 bits per heavy atom. The van der Waals surface area contributed by atoms with Gasteiger partial charge in [-0.25, -0.2) is 12.8 Å². The number of anilines is 1. The predicted molar refractivity (Wildman–Crippen MR) is 130 cm³/mol. The summed E-state index contributed by atoms with van der Waals surface area (Å²) in [4.78, 5) is 11.0. The molecule has 0 N–H and O–H groups in total. The fourth-order valence-corrected chi connectivity index (χ4v) is 6.14. The maximum atomic E-state index is 14.4. The molecule has 1 heterocycles. The van der Waals surface area contributed by atoms with Gasteiger partial charge in [0.05, 0.1) is 21.2 Å². The normalized spacial score (nSPS) is 16.0. The second-order valence-electron chi connectivity index (χ2n) is 8.59. The maximum Gasteiger partial charge on any atom is 1.00 e. The summed E-state index contributed by atoms with van der Waals surface area (Å²) in [6.07, 6.45) is -3.23. The topological polar surface area (TPSA) is 77.5 Å². The van der Waals surface area contributed by atoms with Crippen LogP contribution < -0.4 is 39.0 Å². The van der Waals surface area contributed by atoms with Gasteiger partial charge in [0.15, 0.2) is 0 Å². The summed E-state index contributed by atoms with van der Waals surface area (Å²) >= 11 is 6.14. The van der Waals surface area contributed by atoms with Crippen molar-refractivity contribution >= 4 is 44.9 Å². The molecular formula is C26H19ClF4NNaO4S. The second kappa shape index (κ2) is 11.4. The van der Waals surface area contributed by atoms with Gasteiger partial charge in [-0.3, -0.25) is 4.31 Å². The van der Waals surface area contributed by atoms with Crippen molar-refractivity contribution < 1.29 is 65.4 Å². The van der Waals surface area contributed by atoms with E-state index in [0.717, 1.165) is 22.5 Å². The third-order valence-electron chi connectivity index (χ3n) is 6.05. The van der Waals surface area contributed by atoms with Crippen molar-refractivity contribution in [3.63, 3.8) is 0 Å². The number of benzene rings is 3.